The molecule has 2 aromatic rings. The van der Waals surface area contributed by atoms with E-state index in [9.17, 15) is 13.2 Å². The van der Waals surface area contributed by atoms with Gasteiger partial charge in [0.05, 0.1) is 12.0 Å². The molecule has 0 aliphatic carbocycles. The van der Waals surface area contributed by atoms with Gasteiger partial charge in [0.1, 0.15) is 11.8 Å². The number of carbonyl (C=O) groups is 1. The predicted molar refractivity (Wildman–Crippen MR) is 103 cm³/mol. The molecule has 1 amide bonds. The number of nitrogens with zero attached hydrogens (tertiary/aromatic N) is 1. The van der Waals surface area contributed by atoms with Gasteiger partial charge >= 0.3 is 0 Å². The Morgan fingerprint density at radius 1 is 1.07 bits per heavy atom. The summed E-state index contributed by atoms with van der Waals surface area (Å²) in [5, 5.41) is 2.79. The zero-order valence-corrected chi connectivity index (χ0v) is 16.8. The normalized spacial score (nSPS) is 18.2. The van der Waals surface area contributed by atoms with Gasteiger partial charge in [-0.15, -0.1) is 0 Å². The van der Waals surface area contributed by atoms with Crippen LogP contribution in [0.4, 0.5) is 0 Å². The van der Waals surface area contributed by atoms with Crippen LogP contribution in [0.2, 0.25) is 0 Å². The number of benzene rings is 2. The third kappa shape index (κ3) is 3.44. The number of aryl methyl sites for hydroxylation is 3. The summed E-state index contributed by atoms with van der Waals surface area (Å²) in [6, 6.07) is 9.90. The molecule has 1 N–H and O–H groups in total. The first-order chi connectivity index (χ1) is 12.8. The van der Waals surface area contributed by atoms with E-state index in [1.54, 1.807) is 39.2 Å². The Bertz CT molecular complexity index is 962. The van der Waals surface area contributed by atoms with Gasteiger partial charge < -0.3 is 10.1 Å². The largest absolute Gasteiger partial charge is 0.497 e. The lowest BCUT2D eigenvalue weighted by molar-refractivity contribution is -0.126. The highest BCUT2D eigenvalue weighted by molar-refractivity contribution is 7.89. The Morgan fingerprint density at radius 2 is 1.70 bits per heavy atom. The molecule has 1 aliphatic rings. The average Bonchev–Trinajstić information content (AvgIpc) is 2.61. The average molecular weight is 388 g/mol. The van der Waals surface area contributed by atoms with E-state index in [0.717, 1.165) is 5.56 Å². The van der Waals surface area contributed by atoms with Gasteiger partial charge in [-0.25, -0.2) is 8.42 Å². The third-order valence-corrected chi connectivity index (χ3v) is 7.06. The minimum Gasteiger partial charge on any atom is -0.497 e. The van der Waals surface area contributed by atoms with E-state index >= 15 is 0 Å². The molecule has 1 aliphatic heterocycles. The van der Waals surface area contributed by atoms with E-state index in [0.29, 0.717) is 22.4 Å². The van der Waals surface area contributed by atoms with E-state index in [4.69, 9.17) is 4.74 Å². The van der Waals surface area contributed by atoms with Gasteiger partial charge in [0.25, 0.3) is 0 Å². The number of amides is 1. The van der Waals surface area contributed by atoms with Crippen molar-refractivity contribution in [2.75, 3.05) is 20.2 Å². The van der Waals surface area contributed by atoms with Crippen LogP contribution in [-0.4, -0.2) is 38.8 Å². The summed E-state index contributed by atoms with van der Waals surface area (Å²) in [6.07, 6.45) is 0. The highest BCUT2D eigenvalue weighted by Gasteiger charge is 2.41. The van der Waals surface area contributed by atoms with E-state index in [1.807, 2.05) is 25.1 Å². The second-order valence-corrected chi connectivity index (χ2v) is 8.58. The molecule has 1 heterocycles. The van der Waals surface area contributed by atoms with Crippen LogP contribution in [0.25, 0.3) is 0 Å². The van der Waals surface area contributed by atoms with E-state index in [-0.39, 0.29) is 23.9 Å². The first kappa shape index (κ1) is 19.4. The predicted octanol–water partition coefficient (Wildman–Crippen LogP) is 2.48. The monoisotopic (exact) mass is 388 g/mol. The van der Waals surface area contributed by atoms with Crippen molar-refractivity contribution >= 4 is 15.9 Å². The molecule has 1 saturated heterocycles. The van der Waals surface area contributed by atoms with Gasteiger partial charge in [-0.1, -0.05) is 24.3 Å². The molecule has 1 unspecified atom stereocenters. The van der Waals surface area contributed by atoms with Gasteiger partial charge in [-0.3, -0.25) is 4.79 Å². The van der Waals surface area contributed by atoms with Crippen molar-refractivity contribution in [2.24, 2.45) is 0 Å². The molecule has 0 radical (unpaired) electrons. The Morgan fingerprint density at radius 3 is 2.30 bits per heavy atom. The molecule has 0 saturated carbocycles. The first-order valence-electron chi connectivity index (χ1n) is 8.77. The summed E-state index contributed by atoms with van der Waals surface area (Å²) in [7, 11) is -2.33. The van der Waals surface area contributed by atoms with Crippen molar-refractivity contribution in [3.63, 3.8) is 0 Å². The van der Waals surface area contributed by atoms with Crippen molar-refractivity contribution in [2.45, 2.75) is 31.7 Å². The molecule has 1 atom stereocenters. The maximum atomic E-state index is 13.6. The van der Waals surface area contributed by atoms with Gasteiger partial charge in [-0.2, -0.15) is 4.31 Å². The van der Waals surface area contributed by atoms with Crippen LogP contribution in [-0.2, 0) is 14.8 Å². The second kappa shape index (κ2) is 7.32. The fourth-order valence-corrected chi connectivity index (χ4v) is 5.63. The standard InChI is InChI=1S/C20H24N2O4S/c1-13-7-5-6-8-17(13)18-20(23)21-9-10-22(18)27(24,25)19-14(2)11-16(26-4)12-15(19)3/h5-8,11-12,18H,9-10H2,1-4H3,(H,21,23). The maximum Gasteiger partial charge on any atom is 0.244 e. The van der Waals surface area contributed by atoms with Gasteiger partial charge in [-0.05, 0) is 55.2 Å². The Balaban J connectivity index is 2.15. The number of hydrogen-bond donors (Lipinski definition) is 1. The zero-order valence-electron chi connectivity index (χ0n) is 15.9. The molecule has 2 aromatic carbocycles. The molecule has 0 aromatic heterocycles. The number of rotatable bonds is 4. The number of carbonyl (C=O) groups excluding carboxylic acids is 1. The van der Waals surface area contributed by atoms with Crippen molar-refractivity contribution in [1.82, 2.24) is 9.62 Å². The summed E-state index contributed by atoms with van der Waals surface area (Å²) >= 11 is 0. The molecule has 27 heavy (non-hydrogen) atoms. The molecule has 7 heteroatoms. The van der Waals surface area contributed by atoms with Gasteiger partial charge in [0.15, 0.2) is 0 Å². The lowest BCUT2D eigenvalue weighted by Crippen LogP contribution is -2.52. The number of methoxy groups -OCH3 is 1. The van der Waals surface area contributed by atoms with Gasteiger partial charge in [0, 0.05) is 13.1 Å². The Hall–Kier alpha value is -2.38. The number of hydrogen-bond acceptors (Lipinski definition) is 4. The number of nitrogens with one attached hydrogen (secondary N) is 1. The Labute approximate surface area is 160 Å². The Kier molecular flexibility index (Phi) is 5.26. The second-order valence-electron chi connectivity index (χ2n) is 6.76. The summed E-state index contributed by atoms with van der Waals surface area (Å²) in [4.78, 5) is 12.9. The maximum absolute atomic E-state index is 13.6. The molecule has 1 fully saturated rings. The summed E-state index contributed by atoms with van der Waals surface area (Å²) < 4.78 is 33.7. The van der Waals surface area contributed by atoms with Crippen LogP contribution >= 0.6 is 0 Å². The number of ether oxygens (including phenoxy) is 1. The van der Waals surface area contributed by atoms with E-state index in [2.05, 4.69) is 5.32 Å². The van der Waals surface area contributed by atoms with E-state index in [1.165, 1.54) is 4.31 Å². The number of piperazine rings is 1. The molecular formula is C20H24N2O4S. The smallest absolute Gasteiger partial charge is 0.244 e. The fourth-order valence-electron chi connectivity index (χ4n) is 3.65. The lowest BCUT2D eigenvalue weighted by Gasteiger charge is -2.35. The summed E-state index contributed by atoms with van der Waals surface area (Å²) in [5.74, 6) is 0.304. The van der Waals surface area contributed by atoms with Crippen LogP contribution in [0, 0.1) is 20.8 Å². The van der Waals surface area contributed by atoms with Crippen molar-refractivity contribution in [3.8, 4) is 5.75 Å². The van der Waals surface area contributed by atoms with E-state index < -0.39 is 16.1 Å². The van der Waals surface area contributed by atoms with Crippen molar-refractivity contribution in [1.29, 1.82) is 0 Å². The highest BCUT2D eigenvalue weighted by Crippen LogP contribution is 2.34. The molecule has 6 nitrogen and oxygen atoms in total. The van der Waals surface area contributed by atoms with Crippen LogP contribution < -0.4 is 10.1 Å². The van der Waals surface area contributed by atoms with Crippen LogP contribution in [0.1, 0.15) is 28.3 Å². The summed E-state index contributed by atoms with van der Waals surface area (Å²) in [5.41, 5.74) is 2.77. The quantitative estimate of drug-likeness (QED) is 0.873. The fraction of sp³-hybridized carbons (Fsp3) is 0.350. The first-order valence-corrected chi connectivity index (χ1v) is 10.2. The van der Waals surface area contributed by atoms with Crippen molar-refractivity contribution < 1.29 is 17.9 Å². The molecule has 0 bridgehead atoms. The minimum atomic E-state index is -3.88. The van der Waals surface area contributed by atoms with Crippen LogP contribution in [0.5, 0.6) is 5.75 Å². The van der Waals surface area contributed by atoms with Crippen LogP contribution in [0.3, 0.4) is 0 Å². The topological polar surface area (TPSA) is 75.7 Å². The van der Waals surface area contributed by atoms with Crippen molar-refractivity contribution in [3.05, 3.63) is 58.7 Å². The number of sulfonamides is 1. The molecule has 3 rings (SSSR count). The molecule has 0 spiro atoms. The zero-order chi connectivity index (χ0) is 19.8. The third-order valence-electron chi connectivity index (χ3n) is 4.89. The van der Waals surface area contributed by atoms with Crippen LogP contribution in [0.15, 0.2) is 41.3 Å². The minimum absolute atomic E-state index is 0.220. The summed E-state index contributed by atoms with van der Waals surface area (Å²) in [6.45, 7) is 5.88. The highest BCUT2D eigenvalue weighted by atomic mass is 32.2. The van der Waals surface area contributed by atoms with Gasteiger partial charge in [0.2, 0.25) is 15.9 Å². The molecule has 144 valence electrons. The lowest BCUT2D eigenvalue weighted by atomic mass is 9.99. The molecular weight excluding hydrogens is 364 g/mol. The SMILES string of the molecule is COc1cc(C)c(S(=O)(=O)N2CCNC(=O)C2c2ccccc2C)c(C)c1.